The Kier molecular flexibility index (Phi) is 4.46. The third-order valence-electron chi connectivity index (χ3n) is 2.18. The molecule has 13 heavy (non-hydrogen) atoms. The molecule has 0 saturated heterocycles. The Morgan fingerprint density at radius 1 is 1.46 bits per heavy atom. The van der Waals surface area contributed by atoms with Gasteiger partial charge in [-0.25, -0.2) is 0 Å². The second-order valence-corrected chi connectivity index (χ2v) is 4.10. The highest BCUT2D eigenvalue weighted by Crippen LogP contribution is 2.21. The maximum atomic E-state index is 3.48. The van der Waals surface area contributed by atoms with E-state index in [0.29, 0.717) is 6.04 Å². The third kappa shape index (κ3) is 3.12. The number of benzene rings is 1. The Morgan fingerprint density at radius 3 is 2.77 bits per heavy atom. The van der Waals surface area contributed by atoms with Crippen molar-refractivity contribution in [3.05, 3.63) is 34.3 Å². The van der Waals surface area contributed by atoms with Crippen LogP contribution in [0.4, 0.5) is 0 Å². The molecule has 2 heteroatoms. The molecule has 0 aromatic heterocycles. The van der Waals surface area contributed by atoms with Crippen molar-refractivity contribution in [2.75, 3.05) is 7.05 Å². The molecule has 0 amide bonds. The summed E-state index contributed by atoms with van der Waals surface area (Å²) in [5.41, 5.74) is 1.36. The normalized spacial score (nSPS) is 12.8. The molecular formula is C11H16BrN. The minimum absolute atomic E-state index is 0.488. The Hall–Kier alpha value is -0.340. The van der Waals surface area contributed by atoms with E-state index in [1.165, 1.54) is 18.4 Å². The molecule has 1 N–H and O–H groups in total. The Morgan fingerprint density at radius 2 is 2.23 bits per heavy atom. The van der Waals surface area contributed by atoms with Gasteiger partial charge in [0.1, 0.15) is 0 Å². The van der Waals surface area contributed by atoms with Crippen molar-refractivity contribution in [2.45, 2.75) is 25.8 Å². The van der Waals surface area contributed by atoms with Crippen molar-refractivity contribution in [1.29, 1.82) is 0 Å². The fourth-order valence-corrected chi connectivity index (χ4v) is 1.91. The molecule has 0 aliphatic heterocycles. The largest absolute Gasteiger partial charge is 0.313 e. The molecule has 1 aromatic carbocycles. The number of nitrogens with one attached hydrogen (secondary N) is 1. The predicted octanol–water partition coefficient (Wildman–Crippen LogP) is 3.51. The lowest BCUT2D eigenvalue weighted by Gasteiger charge is -2.15. The number of halogens is 1. The molecule has 72 valence electrons. The summed E-state index contributed by atoms with van der Waals surface area (Å²) in [5.74, 6) is 0. The van der Waals surface area contributed by atoms with E-state index in [2.05, 4.69) is 52.4 Å². The van der Waals surface area contributed by atoms with Crippen LogP contribution in [0.15, 0.2) is 28.7 Å². The fourth-order valence-electron chi connectivity index (χ4n) is 1.49. The summed E-state index contributed by atoms with van der Waals surface area (Å²) in [4.78, 5) is 0. The number of hydrogen-bond acceptors (Lipinski definition) is 1. The van der Waals surface area contributed by atoms with Gasteiger partial charge < -0.3 is 5.32 Å². The lowest BCUT2D eigenvalue weighted by atomic mass is 10.0. The first-order valence-electron chi connectivity index (χ1n) is 4.70. The Bertz CT molecular complexity index is 260. The Labute approximate surface area is 88.7 Å². The van der Waals surface area contributed by atoms with E-state index in [4.69, 9.17) is 0 Å². The fraction of sp³-hybridized carbons (Fsp3) is 0.455. The van der Waals surface area contributed by atoms with Gasteiger partial charge in [-0.2, -0.15) is 0 Å². The smallest absolute Gasteiger partial charge is 0.0317 e. The molecule has 1 unspecified atom stereocenters. The van der Waals surface area contributed by atoms with Crippen molar-refractivity contribution in [3.8, 4) is 0 Å². The lowest BCUT2D eigenvalue weighted by Crippen LogP contribution is -2.15. The van der Waals surface area contributed by atoms with Gasteiger partial charge in [-0.1, -0.05) is 41.4 Å². The average molecular weight is 242 g/mol. The maximum Gasteiger partial charge on any atom is 0.0317 e. The molecule has 0 saturated carbocycles. The molecule has 1 rings (SSSR count). The SMILES string of the molecule is CCCC(NC)c1cccc(Br)c1. The van der Waals surface area contributed by atoms with Gasteiger partial charge in [-0.3, -0.25) is 0 Å². The van der Waals surface area contributed by atoms with Gasteiger partial charge in [0.25, 0.3) is 0 Å². The Balaban J connectivity index is 2.78. The van der Waals surface area contributed by atoms with Crippen LogP contribution in [-0.4, -0.2) is 7.05 Å². The molecule has 0 bridgehead atoms. The van der Waals surface area contributed by atoms with E-state index in [0.717, 1.165) is 4.47 Å². The second kappa shape index (κ2) is 5.40. The molecule has 0 aliphatic rings. The predicted molar refractivity (Wildman–Crippen MR) is 60.9 cm³/mol. The molecular weight excluding hydrogens is 226 g/mol. The summed E-state index contributed by atoms with van der Waals surface area (Å²) < 4.78 is 1.15. The van der Waals surface area contributed by atoms with E-state index in [9.17, 15) is 0 Å². The summed E-state index contributed by atoms with van der Waals surface area (Å²) in [6, 6.07) is 8.97. The van der Waals surface area contributed by atoms with E-state index in [1.54, 1.807) is 0 Å². The lowest BCUT2D eigenvalue weighted by molar-refractivity contribution is 0.541. The van der Waals surface area contributed by atoms with Crippen LogP contribution >= 0.6 is 15.9 Å². The van der Waals surface area contributed by atoms with Crippen LogP contribution in [0.5, 0.6) is 0 Å². The molecule has 1 aromatic rings. The highest BCUT2D eigenvalue weighted by molar-refractivity contribution is 9.10. The zero-order valence-corrected chi connectivity index (χ0v) is 9.76. The summed E-state index contributed by atoms with van der Waals surface area (Å²) in [5, 5.41) is 3.33. The van der Waals surface area contributed by atoms with Crippen LogP contribution in [0.3, 0.4) is 0 Å². The third-order valence-corrected chi connectivity index (χ3v) is 2.67. The van der Waals surface area contributed by atoms with E-state index in [1.807, 2.05) is 7.05 Å². The summed E-state index contributed by atoms with van der Waals surface area (Å²) >= 11 is 3.48. The summed E-state index contributed by atoms with van der Waals surface area (Å²) in [7, 11) is 2.02. The summed E-state index contributed by atoms with van der Waals surface area (Å²) in [6.45, 7) is 2.21. The van der Waals surface area contributed by atoms with Crippen LogP contribution in [0.2, 0.25) is 0 Å². The van der Waals surface area contributed by atoms with Gasteiger partial charge in [-0.05, 0) is 31.2 Å². The highest BCUT2D eigenvalue weighted by Gasteiger charge is 2.06. The monoisotopic (exact) mass is 241 g/mol. The quantitative estimate of drug-likeness (QED) is 0.851. The topological polar surface area (TPSA) is 12.0 Å². The first kappa shape index (κ1) is 10.7. The zero-order valence-electron chi connectivity index (χ0n) is 8.18. The van der Waals surface area contributed by atoms with Gasteiger partial charge in [-0.15, -0.1) is 0 Å². The molecule has 1 nitrogen and oxygen atoms in total. The van der Waals surface area contributed by atoms with Crippen molar-refractivity contribution in [2.24, 2.45) is 0 Å². The van der Waals surface area contributed by atoms with Gasteiger partial charge in [0.05, 0.1) is 0 Å². The first-order chi connectivity index (χ1) is 6.27. The van der Waals surface area contributed by atoms with E-state index < -0.39 is 0 Å². The van der Waals surface area contributed by atoms with Gasteiger partial charge in [0.2, 0.25) is 0 Å². The molecule has 0 spiro atoms. The van der Waals surface area contributed by atoms with Gasteiger partial charge in [0.15, 0.2) is 0 Å². The summed E-state index contributed by atoms with van der Waals surface area (Å²) in [6.07, 6.45) is 2.39. The zero-order chi connectivity index (χ0) is 9.68. The first-order valence-corrected chi connectivity index (χ1v) is 5.50. The minimum atomic E-state index is 0.488. The van der Waals surface area contributed by atoms with Crippen LogP contribution in [0.1, 0.15) is 31.4 Å². The maximum absolute atomic E-state index is 3.48. The average Bonchev–Trinajstić information content (AvgIpc) is 2.14. The van der Waals surface area contributed by atoms with Crippen LogP contribution in [0.25, 0.3) is 0 Å². The number of hydrogen-bond donors (Lipinski definition) is 1. The molecule has 0 fully saturated rings. The second-order valence-electron chi connectivity index (χ2n) is 3.18. The molecule has 0 heterocycles. The van der Waals surface area contributed by atoms with Crippen molar-refractivity contribution in [3.63, 3.8) is 0 Å². The van der Waals surface area contributed by atoms with Gasteiger partial charge >= 0.3 is 0 Å². The number of rotatable bonds is 4. The minimum Gasteiger partial charge on any atom is -0.313 e. The van der Waals surface area contributed by atoms with E-state index >= 15 is 0 Å². The molecule has 1 atom stereocenters. The van der Waals surface area contributed by atoms with Crippen LogP contribution in [0, 0.1) is 0 Å². The van der Waals surface area contributed by atoms with Crippen LogP contribution in [-0.2, 0) is 0 Å². The standard InChI is InChI=1S/C11H16BrN/c1-3-5-11(13-2)9-6-4-7-10(12)8-9/h4,6-8,11,13H,3,5H2,1-2H3. The highest BCUT2D eigenvalue weighted by atomic mass is 79.9. The molecule has 0 radical (unpaired) electrons. The van der Waals surface area contributed by atoms with Crippen molar-refractivity contribution in [1.82, 2.24) is 5.32 Å². The van der Waals surface area contributed by atoms with E-state index in [-0.39, 0.29) is 0 Å². The van der Waals surface area contributed by atoms with Crippen LogP contribution < -0.4 is 5.32 Å². The molecule has 0 aliphatic carbocycles. The van der Waals surface area contributed by atoms with Gasteiger partial charge in [0, 0.05) is 10.5 Å². The van der Waals surface area contributed by atoms with Crippen molar-refractivity contribution >= 4 is 15.9 Å². The van der Waals surface area contributed by atoms with Crippen molar-refractivity contribution < 1.29 is 0 Å².